The van der Waals surface area contributed by atoms with E-state index in [-0.39, 0.29) is 30.7 Å². The van der Waals surface area contributed by atoms with Crippen LogP contribution in [0.3, 0.4) is 0 Å². The van der Waals surface area contributed by atoms with Crippen LogP contribution in [0.4, 0.5) is 4.79 Å². The van der Waals surface area contributed by atoms with E-state index in [0.717, 1.165) is 31.5 Å². The molecule has 0 aliphatic carbocycles. The van der Waals surface area contributed by atoms with Gasteiger partial charge in [0.15, 0.2) is 5.82 Å². The Hall–Kier alpha value is -3.38. The Morgan fingerprint density at radius 2 is 2.03 bits per heavy atom. The number of amides is 2. The summed E-state index contributed by atoms with van der Waals surface area (Å²) in [6.07, 6.45) is 4.12. The fourth-order valence-corrected chi connectivity index (χ4v) is 4.94. The molecule has 1 unspecified atom stereocenters. The van der Waals surface area contributed by atoms with Crippen molar-refractivity contribution in [1.29, 1.82) is 0 Å². The van der Waals surface area contributed by atoms with Gasteiger partial charge < -0.3 is 19.6 Å². The molecule has 3 aliphatic heterocycles. The van der Waals surface area contributed by atoms with Gasteiger partial charge in [-0.2, -0.15) is 4.68 Å². The molecule has 12 nitrogen and oxygen atoms in total. The normalized spacial score (nSPS) is 23.2. The average molecular weight is 469 g/mol. The zero-order chi connectivity index (χ0) is 23.8. The number of aliphatic hydroxyl groups is 1. The summed E-state index contributed by atoms with van der Waals surface area (Å²) in [6.45, 7) is 6.60. The first kappa shape index (κ1) is 22.4. The summed E-state index contributed by atoms with van der Waals surface area (Å²) >= 11 is 0. The molecule has 2 amide bonds. The molecule has 2 saturated heterocycles. The van der Waals surface area contributed by atoms with Crippen LogP contribution >= 0.6 is 0 Å². The third-order valence-corrected chi connectivity index (χ3v) is 6.89. The van der Waals surface area contributed by atoms with E-state index in [9.17, 15) is 14.7 Å². The quantitative estimate of drug-likeness (QED) is 0.603. The number of hydrogen-bond donors (Lipinski definition) is 1. The van der Waals surface area contributed by atoms with E-state index < -0.39 is 6.10 Å². The number of cyclic esters (lactones) is 1. The highest BCUT2D eigenvalue weighted by Gasteiger charge is 2.43. The maximum atomic E-state index is 13.2. The molecular formula is C22H28N8O4. The monoisotopic (exact) mass is 468 g/mol. The zero-order valence-corrected chi connectivity index (χ0v) is 19.2. The van der Waals surface area contributed by atoms with Crippen LogP contribution in [0.2, 0.25) is 0 Å². The van der Waals surface area contributed by atoms with Crippen LogP contribution in [0.15, 0.2) is 35.9 Å². The van der Waals surface area contributed by atoms with Gasteiger partial charge in [0.1, 0.15) is 12.9 Å². The zero-order valence-electron chi connectivity index (χ0n) is 19.2. The van der Waals surface area contributed by atoms with Crippen LogP contribution in [0.25, 0.3) is 5.82 Å². The second-order valence-electron chi connectivity index (χ2n) is 9.05. The number of urea groups is 1. The van der Waals surface area contributed by atoms with Gasteiger partial charge in [-0.05, 0) is 43.2 Å². The lowest BCUT2D eigenvalue weighted by Gasteiger charge is -2.37. The Morgan fingerprint density at radius 3 is 2.65 bits per heavy atom. The largest absolute Gasteiger partial charge is 0.456 e. The van der Waals surface area contributed by atoms with Crippen molar-refractivity contribution >= 4 is 12.0 Å². The number of pyridine rings is 1. The predicted molar refractivity (Wildman–Crippen MR) is 118 cm³/mol. The number of tetrazole rings is 1. The number of nitrogens with zero attached hydrogens (tertiary/aromatic N) is 8. The molecule has 2 aromatic rings. The lowest BCUT2D eigenvalue weighted by molar-refractivity contribution is -0.136. The van der Waals surface area contributed by atoms with E-state index in [1.807, 2.05) is 17.9 Å². The maximum Gasteiger partial charge on any atom is 0.336 e. The molecule has 0 aromatic carbocycles. The summed E-state index contributed by atoms with van der Waals surface area (Å²) in [5.41, 5.74) is 1.94. The number of piperidine rings is 1. The topological polar surface area (TPSA) is 130 Å². The molecule has 0 radical (unpaired) electrons. The van der Waals surface area contributed by atoms with Crippen molar-refractivity contribution in [2.75, 3.05) is 32.8 Å². The van der Waals surface area contributed by atoms with Crippen LogP contribution in [-0.4, -0.2) is 102 Å². The van der Waals surface area contributed by atoms with E-state index in [4.69, 9.17) is 4.74 Å². The smallest absolute Gasteiger partial charge is 0.336 e. The minimum absolute atomic E-state index is 0.00410. The molecule has 2 aromatic heterocycles. The van der Waals surface area contributed by atoms with Gasteiger partial charge in [-0.25, -0.2) is 14.6 Å². The van der Waals surface area contributed by atoms with Crippen LogP contribution in [0, 0.1) is 0 Å². The van der Waals surface area contributed by atoms with Gasteiger partial charge in [-0.1, -0.05) is 6.07 Å². The molecule has 2 atom stereocenters. The van der Waals surface area contributed by atoms with E-state index >= 15 is 0 Å². The first-order valence-electron chi connectivity index (χ1n) is 11.5. The molecule has 180 valence electrons. The van der Waals surface area contributed by atoms with Gasteiger partial charge in [0.2, 0.25) is 0 Å². The second-order valence-corrected chi connectivity index (χ2v) is 9.05. The number of hydrogen-bond acceptors (Lipinski definition) is 9. The number of carbonyl (C=O) groups is 2. The number of aliphatic hydroxyl groups excluding tert-OH is 1. The molecule has 2 fully saturated rings. The van der Waals surface area contributed by atoms with Crippen molar-refractivity contribution in [3.63, 3.8) is 0 Å². The van der Waals surface area contributed by atoms with Gasteiger partial charge >= 0.3 is 12.0 Å². The number of carbonyl (C=O) groups excluding carboxylic acids is 2. The van der Waals surface area contributed by atoms with Gasteiger partial charge in [0.25, 0.3) is 0 Å². The highest BCUT2D eigenvalue weighted by molar-refractivity contribution is 5.92. The number of β-amino-alcohol motifs (C(OH)–C–C–N with tert-alkyl or cyclic N) is 1. The first-order chi connectivity index (χ1) is 16.4. The average Bonchev–Trinajstić information content (AvgIpc) is 3.56. The standard InChI is InChI=1S/C22H28N8O4/c1-14-10-28(22(33)30(14)18-12-34-21(32)15(18)2)17-5-7-27(8-6-17)11-19(31)16-3-4-20(23-9-16)29-13-24-25-26-29/h3-4,9,13-14,17,19,31H,5-8,10-12H2,1-2H3/t14?,19-/m1/s1. The summed E-state index contributed by atoms with van der Waals surface area (Å²) in [6, 6.07) is 3.69. The van der Waals surface area contributed by atoms with Gasteiger partial charge in [0.05, 0.1) is 23.4 Å². The lowest BCUT2D eigenvalue weighted by atomic mass is 10.0. The van der Waals surface area contributed by atoms with Crippen molar-refractivity contribution < 1.29 is 19.4 Å². The van der Waals surface area contributed by atoms with Crippen LogP contribution in [-0.2, 0) is 9.53 Å². The highest BCUT2D eigenvalue weighted by Crippen LogP contribution is 2.31. The molecular weight excluding hydrogens is 440 g/mol. The number of aromatic nitrogens is 5. The van der Waals surface area contributed by atoms with E-state index in [0.29, 0.717) is 30.2 Å². The van der Waals surface area contributed by atoms with Crippen LogP contribution < -0.4 is 0 Å². The maximum absolute atomic E-state index is 13.2. The molecule has 0 bridgehead atoms. The number of ether oxygens (including phenoxy) is 1. The molecule has 3 aliphatic rings. The molecule has 1 N–H and O–H groups in total. The van der Waals surface area contributed by atoms with Gasteiger partial charge in [0, 0.05) is 44.0 Å². The molecule has 12 heteroatoms. The van der Waals surface area contributed by atoms with E-state index in [1.165, 1.54) is 11.0 Å². The molecule has 5 rings (SSSR count). The van der Waals surface area contributed by atoms with Crippen molar-refractivity contribution in [3.05, 3.63) is 41.5 Å². The van der Waals surface area contributed by atoms with Crippen molar-refractivity contribution in [3.8, 4) is 5.82 Å². The minimum Gasteiger partial charge on any atom is -0.456 e. The Kier molecular flexibility index (Phi) is 6.00. The molecule has 0 spiro atoms. The predicted octanol–water partition coefficient (Wildman–Crippen LogP) is 0.512. The lowest BCUT2D eigenvalue weighted by Crippen LogP contribution is -2.47. The Bertz CT molecular complexity index is 1080. The first-order valence-corrected chi connectivity index (χ1v) is 11.5. The fourth-order valence-electron chi connectivity index (χ4n) is 4.94. The van der Waals surface area contributed by atoms with Gasteiger partial charge in [-0.3, -0.25) is 4.90 Å². The summed E-state index contributed by atoms with van der Waals surface area (Å²) in [5.74, 6) is 0.236. The minimum atomic E-state index is -0.661. The van der Waals surface area contributed by atoms with Crippen molar-refractivity contribution in [2.45, 2.75) is 44.9 Å². The SMILES string of the molecule is CC1=C(N2C(=O)N(C3CCN(C[C@@H](O)c4ccc(-n5cnnn5)nc4)CC3)CC2C)COC1=O. The highest BCUT2D eigenvalue weighted by atomic mass is 16.5. The summed E-state index contributed by atoms with van der Waals surface area (Å²) < 4.78 is 6.57. The Labute approximate surface area is 196 Å². The third-order valence-electron chi connectivity index (χ3n) is 6.89. The summed E-state index contributed by atoms with van der Waals surface area (Å²) in [5, 5.41) is 21.7. The fraction of sp³-hybridized carbons (Fsp3) is 0.545. The Morgan fingerprint density at radius 1 is 1.24 bits per heavy atom. The van der Waals surface area contributed by atoms with Crippen LogP contribution in [0.1, 0.15) is 38.4 Å². The number of likely N-dealkylation sites (tertiary alicyclic amines) is 1. The van der Waals surface area contributed by atoms with E-state index in [1.54, 1.807) is 24.1 Å². The molecule has 5 heterocycles. The summed E-state index contributed by atoms with van der Waals surface area (Å²) in [4.78, 5) is 35.2. The van der Waals surface area contributed by atoms with Crippen molar-refractivity contribution in [2.24, 2.45) is 0 Å². The third kappa shape index (κ3) is 4.14. The van der Waals surface area contributed by atoms with Crippen LogP contribution in [0.5, 0.6) is 0 Å². The summed E-state index contributed by atoms with van der Waals surface area (Å²) in [7, 11) is 0. The molecule has 34 heavy (non-hydrogen) atoms. The second kappa shape index (κ2) is 9.11. The number of rotatable bonds is 6. The number of esters is 1. The van der Waals surface area contributed by atoms with Crippen molar-refractivity contribution in [1.82, 2.24) is 39.9 Å². The van der Waals surface area contributed by atoms with E-state index in [2.05, 4.69) is 25.4 Å². The Balaban J connectivity index is 1.15. The molecule has 0 saturated carbocycles. The van der Waals surface area contributed by atoms with Gasteiger partial charge in [-0.15, -0.1) is 5.10 Å².